The molecule has 5 heteroatoms. The zero-order valence-electron chi connectivity index (χ0n) is 12.7. The van der Waals surface area contributed by atoms with Crippen molar-refractivity contribution in [2.75, 3.05) is 5.32 Å². The summed E-state index contributed by atoms with van der Waals surface area (Å²) in [6.07, 6.45) is 11.9. The molecule has 5 nitrogen and oxygen atoms in total. The van der Waals surface area contributed by atoms with Crippen LogP contribution in [-0.2, 0) is 17.8 Å². The molecule has 1 aliphatic rings. The van der Waals surface area contributed by atoms with Crippen LogP contribution in [0.5, 0.6) is 0 Å². The summed E-state index contributed by atoms with van der Waals surface area (Å²) in [5.41, 5.74) is 1.23. The van der Waals surface area contributed by atoms with Crippen LogP contribution in [0.3, 0.4) is 0 Å². The summed E-state index contributed by atoms with van der Waals surface area (Å²) in [6, 6.07) is 5.88. The molecule has 0 bridgehead atoms. The second kappa shape index (κ2) is 7.20. The van der Waals surface area contributed by atoms with Gasteiger partial charge in [-0.25, -0.2) is 0 Å². The lowest BCUT2D eigenvalue weighted by molar-refractivity contribution is -0.117. The van der Waals surface area contributed by atoms with E-state index < -0.39 is 0 Å². The molecule has 2 aromatic heterocycles. The Hall–Kier alpha value is -2.17. The minimum atomic E-state index is 0.0892. The van der Waals surface area contributed by atoms with Crippen LogP contribution in [0.2, 0.25) is 0 Å². The molecule has 1 fully saturated rings. The highest BCUT2D eigenvalue weighted by molar-refractivity contribution is 5.89. The van der Waals surface area contributed by atoms with Gasteiger partial charge in [-0.2, -0.15) is 5.10 Å². The Bertz CT molecular complexity index is 602. The van der Waals surface area contributed by atoms with Gasteiger partial charge in [-0.05, 0) is 42.9 Å². The fourth-order valence-electron chi connectivity index (χ4n) is 3.02. The topological polar surface area (TPSA) is 59.8 Å². The fourth-order valence-corrected chi connectivity index (χ4v) is 3.02. The quantitative estimate of drug-likeness (QED) is 0.891. The van der Waals surface area contributed by atoms with E-state index in [0.29, 0.717) is 18.2 Å². The first-order valence-electron chi connectivity index (χ1n) is 8.02. The smallest absolute Gasteiger partial charge is 0.225 e. The molecular weight excluding hydrogens is 276 g/mol. The van der Waals surface area contributed by atoms with Crippen molar-refractivity contribution < 1.29 is 4.79 Å². The van der Waals surface area contributed by atoms with Crippen LogP contribution in [0.15, 0.2) is 36.8 Å². The summed E-state index contributed by atoms with van der Waals surface area (Å²) in [4.78, 5) is 16.0. The Morgan fingerprint density at radius 3 is 2.77 bits per heavy atom. The lowest BCUT2D eigenvalue weighted by Gasteiger charge is -2.07. The Labute approximate surface area is 130 Å². The standard InChI is InChI=1S/C17H22N4O/c22-17(13-15-3-1-2-4-15)19-16-8-12-21(20-16)11-7-14-5-9-18-10-6-14/h5-6,8-10,12,15H,1-4,7,11,13H2,(H,19,20,22). The van der Waals surface area contributed by atoms with Crippen molar-refractivity contribution in [1.29, 1.82) is 0 Å². The average molecular weight is 298 g/mol. The van der Waals surface area contributed by atoms with Crippen LogP contribution < -0.4 is 5.32 Å². The van der Waals surface area contributed by atoms with Gasteiger partial charge in [0.05, 0.1) is 0 Å². The molecule has 2 heterocycles. The highest BCUT2D eigenvalue weighted by Gasteiger charge is 2.18. The van der Waals surface area contributed by atoms with Crippen LogP contribution >= 0.6 is 0 Å². The summed E-state index contributed by atoms with van der Waals surface area (Å²) >= 11 is 0. The van der Waals surface area contributed by atoms with E-state index >= 15 is 0 Å². The van der Waals surface area contributed by atoms with E-state index in [1.165, 1.54) is 31.2 Å². The van der Waals surface area contributed by atoms with Gasteiger partial charge in [0.2, 0.25) is 5.91 Å². The van der Waals surface area contributed by atoms with E-state index in [4.69, 9.17) is 0 Å². The molecule has 116 valence electrons. The van der Waals surface area contributed by atoms with Crippen molar-refractivity contribution in [3.63, 3.8) is 0 Å². The summed E-state index contributed by atoms with van der Waals surface area (Å²) in [7, 11) is 0. The first-order chi connectivity index (χ1) is 10.8. The summed E-state index contributed by atoms with van der Waals surface area (Å²) in [6.45, 7) is 0.794. The molecule has 0 spiro atoms. The van der Waals surface area contributed by atoms with E-state index in [0.717, 1.165) is 13.0 Å². The molecular formula is C17H22N4O. The second-order valence-electron chi connectivity index (χ2n) is 5.97. The maximum atomic E-state index is 12.0. The molecule has 0 unspecified atom stereocenters. The fraction of sp³-hybridized carbons (Fsp3) is 0.471. The van der Waals surface area contributed by atoms with Gasteiger partial charge < -0.3 is 5.32 Å². The van der Waals surface area contributed by atoms with E-state index in [-0.39, 0.29) is 5.91 Å². The number of nitrogens with zero attached hydrogens (tertiary/aromatic N) is 3. The molecule has 22 heavy (non-hydrogen) atoms. The molecule has 1 saturated carbocycles. The number of nitrogens with one attached hydrogen (secondary N) is 1. The molecule has 1 aliphatic carbocycles. The molecule has 1 N–H and O–H groups in total. The molecule has 0 radical (unpaired) electrons. The number of hydrogen-bond donors (Lipinski definition) is 1. The number of carbonyl (C=O) groups is 1. The van der Waals surface area contributed by atoms with Crippen molar-refractivity contribution in [3.8, 4) is 0 Å². The van der Waals surface area contributed by atoms with Crippen LogP contribution in [-0.4, -0.2) is 20.7 Å². The van der Waals surface area contributed by atoms with Gasteiger partial charge in [0.25, 0.3) is 0 Å². The average Bonchev–Trinajstić information content (AvgIpc) is 3.18. The molecule has 1 amide bonds. The second-order valence-corrected chi connectivity index (χ2v) is 5.97. The van der Waals surface area contributed by atoms with E-state index in [9.17, 15) is 4.79 Å². The van der Waals surface area contributed by atoms with Crippen LogP contribution in [0.25, 0.3) is 0 Å². The van der Waals surface area contributed by atoms with Crippen molar-refractivity contribution in [2.45, 2.75) is 45.1 Å². The third kappa shape index (κ3) is 4.16. The van der Waals surface area contributed by atoms with Crippen molar-refractivity contribution in [2.24, 2.45) is 5.92 Å². The molecule has 0 aromatic carbocycles. The maximum Gasteiger partial charge on any atom is 0.225 e. The highest BCUT2D eigenvalue weighted by atomic mass is 16.1. The molecule has 0 atom stereocenters. The predicted molar refractivity (Wildman–Crippen MR) is 85.4 cm³/mol. The summed E-state index contributed by atoms with van der Waals surface area (Å²) in [5.74, 6) is 1.30. The van der Waals surface area contributed by atoms with Crippen LogP contribution in [0.1, 0.15) is 37.7 Å². The number of aromatic nitrogens is 3. The zero-order chi connectivity index (χ0) is 15.2. The van der Waals surface area contributed by atoms with Gasteiger partial charge in [0.15, 0.2) is 5.82 Å². The molecule has 3 rings (SSSR count). The number of rotatable bonds is 6. The first kappa shape index (κ1) is 14.8. The van der Waals surface area contributed by atoms with E-state index in [1.807, 2.05) is 29.1 Å². The lowest BCUT2D eigenvalue weighted by Crippen LogP contribution is -2.15. The third-order valence-electron chi connectivity index (χ3n) is 4.24. The van der Waals surface area contributed by atoms with Gasteiger partial charge in [0, 0.05) is 37.6 Å². The van der Waals surface area contributed by atoms with Crippen molar-refractivity contribution in [3.05, 3.63) is 42.4 Å². The van der Waals surface area contributed by atoms with Crippen molar-refractivity contribution in [1.82, 2.24) is 14.8 Å². The number of hydrogen-bond acceptors (Lipinski definition) is 3. The number of pyridine rings is 1. The van der Waals surface area contributed by atoms with Gasteiger partial charge in [0.1, 0.15) is 0 Å². The number of anilines is 1. The molecule has 2 aromatic rings. The van der Waals surface area contributed by atoms with Gasteiger partial charge in [-0.15, -0.1) is 0 Å². The third-order valence-corrected chi connectivity index (χ3v) is 4.24. The Morgan fingerprint density at radius 1 is 1.23 bits per heavy atom. The minimum absolute atomic E-state index is 0.0892. The maximum absolute atomic E-state index is 12.0. The van der Waals surface area contributed by atoms with Gasteiger partial charge in [-0.3, -0.25) is 14.5 Å². The number of aryl methyl sites for hydroxylation is 2. The summed E-state index contributed by atoms with van der Waals surface area (Å²) < 4.78 is 1.87. The Balaban J connectivity index is 1.47. The van der Waals surface area contributed by atoms with Gasteiger partial charge in [-0.1, -0.05) is 12.8 Å². The predicted octanol–water partition coefficient (Wildman–Crippen LogP) is 3.04. The van der Waals surface area contributed by atoms with Crippen LogP contribution in [0.4, 0.5) is 5.82 Å². The number of amides is 1. The summed E-state index contributed by atoms with van der Waals surface area (Å²) in [5, 5.41) is 7.32. The first-order valence-corrected chi connectivity index (χ1v) is 8.02. The Kier molecular flexibility index (Phi) is 4.83. The van der Waals surface area contributed by atoms with E-state index in [1.54, 1.807) is 12.4 Å². The molecule has 0 aliphatic heterocycles. The highest BCUT2D eigenvalue weighted by Crippen LogP contribution is 2.27. The number of carbonyl (C=O) groups excluding carboxylic acids is 1. The largest absolute Gasteiger partial charge is 0.309 e. The van der Waals surface area contributed by atoms with E-state index in [2.05, 4.69) is 15.4 Å². The van der Waals surface area contributed by atoms with Gasteiger partial charge >= 0.3 is 0 Å². The zero-order valence-corrected chi connectivity index (χ0v) is 12.7. The SMILES string of the molecule is O=C(CC1CCCC1)Nc1ccn(CCc2ccncc2)n1. The monoisotopic (exact) mass is 298 g/mol. The Morgan fingerprint density at radius 2 is 2.00 bits per heavy atom. The van der Waals surface area contributed by atoms with Crippen molar-refractivity contribution >= 4 is 11.7 Å². The molecule has 0 saturated heterocycles. The van der Waals surface area contributed by atoms with Crippen LogP contribution in [0, 0.1) is 5.92 Å². The minimum Gasteiger partial charge on any atom is -0.309 e. The normalized spacial score (nSPS) is 15.1. The lowest BCUT2D eigenvalue weighted by atomic mass is 10.0.